The number of carbonyl (C=O) groups excluding carboxylic acids is 2. The van der Waals surface area contributed by atoms with E-state index in [0.717, 1.165) is 16.8 Å². The Balaban J connectivity index is 1.38. The van der Waals surface area contributed by atoms with Gasteiger partial charge in [-0.25, -0.2) is 17.7 Å². The van der Waals surface area contributed by atoms with Gasteiger partial charge >= 0.3 is 5.97 Å². The molecule has 1 amide bonds. The Bertz CT molecular complexity index is 1050. The van der Waals surface area contributed by atoms with Gasteiger partial charge in [-0.1, -0.05) is 6.07 Å². The highest BCUT2D eigenvalue weighted by atomic mass is 32.2. The Hall–Kier alpha value is -2.50. The van der Waals surface area contributed by atoms with Gasteiger partial charge in [0.15, 0.2) is 6.61 Å². The predicted octanol–water partition coefficient (Wildman–Crippen LogP) is 2.23. The van der Waals surface area contributed by atoms with E-state index in [0.29, 0.717) is 25.0 Å². The van der Waals surface area contributed by atoms with Crippen molar-refractivity contribution in [3.63, 3.8) is 0 Å². The minimum atomic E-state index is -3.27. The number of amides is 1. The normalized spacial score (nSPS) is 20.6. The van der Waals surface area contributed by atoms with E-state index in [1.807, 2.05) is 17.5 Å². The Morgan fingerprint density at radius 3 is 2.65 bits per heavy atom. The number of carbonyl (C=O) groups is 2. The number of hydrogen-bond donors (Lipinski definition) is 0. The number of esters is 1. The third kappa shape index (κ3) is 4.89. The van der Waals surface area contributed by atoms with E-state index in [-0.39, 0.29) is 13.1 Å². The van der Waals surface area contributed by atoms with Crippen LogP contribution in [0.1, 0.15) is 35.9 Å². The lowest BCUT2D eigenvalue weighted by Crippen LogP contribution is -2.40. The zero-order chi connectivity index (χ0) is 22.0. The summed E-state index contributed by atoms with van der Waals surface area (Å²) in [5.74, 6) is -0.730. The molecule has 2 aliphatic heterocycles. The average Bonchev–Trinajstić information content (AvgIpc) is 3.51. The Kier molecular flexibility index (Phi) is 6.26. The lowest BCUT2D eigenvalue weighted by molar-refractivity contribution is -0.157. The molecule has 31 heavy (non-hydrogen) atoms. The van der Waals surface area contributed by atoms with E-state index in [2.05, 4.69) is 5.10 Å². The lowest BCUT2D eigenvalue weighted by atomic mass is 9.98. The number of hydrazone groups is 1. The largest absolute Gasteiger partial charge is 0.467 e. The molecule has 0 aliphatic carbocycles. The molecule has 1 saturated heterocycles. The van der Waals surface area contributed by atoms with Crippen LogP contribution in [0.15, 0.2) is 45.4 Å². The lowest BCUT2D eigenvalue weighted by Gasteiger charge is -2.29. The first kappa shape index (κ1) is 21.7. The molecule has 2 aromatic heterocycles. The summed E-state index contributed by atoms with van der Waals surface area (Å²) in [5, 5.41) is 7.75. The Morgan fingerprint density at radius 2 is 2.03 bits per heavy atom. The highest BCUT2D eigenvalue weighted by molar-refractivity contribution is 7.88. The third-order valence-corrected chi connectivity index (χ3v) is 7.66. The topological polar surface area (TPSA) is 109 Å². The van der Waals surface area contributed by atoms with Gasteiger partial charge in [-0.2, -0.15) is 5.10 Å². The van der Waals surface area contributed by atoms with Gasteiger partial charge in [0.05, 0.1) is 29.0 Å². The monoisotopic (exact) mass is 465 g/mol. The number of sulfonamides is 1. The van der Waals surface area contributed by atoms with Crippen molar-refractivity contribution in [2.75, 3.05) is 26.0 Å². The molecule has 0 saturated carbocycles. The van der Waals surface area contributed by atoms with Crippen molar-refractivity contribution in [2.24, 2.45) is 11.0 Å². The number of hydrogen-bond acceptors (Lipinski definition) is 8. The number of rotatable bonds is 6. The second-order valence-corrected chi connectivity index (χ2v) is 10.5. The first-order valence-corrected chi connectivity index (χ1v) is 12.6. The van der Waals surface area contributed by atoms with Crippen LogP contribution >= 0.6 is 11.3 Å². The molecule has 1 atom stereocenters. The van der Waals surface area contributed by atoms with E-state index >= 15 is 0 Å². The minimum Gasteiger partial charge on any atom is -0.467 e. The number of nitrogens with zero attached hydrogens (tertiary/aromatic N) is 3. The fourth-order valence-electron chi connectivity index (χ4n) is 3.77. The number of ether oxygens (including phenoxy) is 1. The van der Waals surface area contributed by atoms with Gasteiger partial charge in [0, 0.05) is 19.5 Å². The maximum atomic E-state index is 12.9. The SMILES string of the molecule is CS(=O)(=O)N1CCC(C(=O)OCC(=O)N2N=C(c3cccs3)CC2c2ccco2)CC1. The van der Waals surface area contributed by atoms with Crippen LogP contribution in [0.3, 0.4) is 0 Å². The molecule has 0 bridgehead atoms. The summed E-state index contributed by atoms with van der Waals surface area (Å²) >= 11 is 1.54. The zero-order valence-electron chi connectivity index (χ0n) is 17.0. The molecule has 2 aromatic rings. The van der Waals surface area contributed by atoms with Crippen molar-refractivity contribution in [1.82, 2.24) is 9.31 Å². The first-order chi connectivity index (χ1) is 14.8. The number of furan rings is 1. The van der Waals surface area contributed by atoms with Crippen molar-refractivity contribution in [3.05, 3.63) is 46.5 Å². The van der Waals surface area contributed by atoms with Crippen LogP contribution in [-0.2, 0) is 24.3 Å². The second-order valence-electron chi connectivity index (χ2n) is 7.54. The van der Waals surface area contributed by atoms with Crippen LogP contribution in [0.25, 0.3) is 0 Å². The average molecular weight is 466 g/mol. The van der Waals surface area contributed by atoms with Crippen molar-refractivity contribution in [1.29, 1.82) is 0 Å². The van der Waals surface area contributed by atoms with E-state index in [9.17, 15) is 18.0 Å². The molecule has 0 spiro atoms. The van der Waals surface area contributed by atoms with Gasteiger partial charge in [0.2, 0.25) is 10.0 Å². The summed E-state index contributed by atoms with van der Waals surface area (Å²) < 4.78 is 35.3. The fraction of sp³-hybridized carbons (Fsp3) is 0.450. The van der Waals surface area contributed by atoms with Crippen molar-refractivity contribution < 1.29 is 27.2 Å². The summed E-state index contributed by atoms with van der Waals surface area (Å²) in [4.78, 5) is 26.2. The molecule has 2 aliphatic rings. The molecule has 0 N–H and O–H groups in total. The zero-order valence-corrected chi connectivity index (χ0v) is 18.6. The maximum Gasteiger partial charge on any atom is 0.309 e. The molecule has 1 fully saturated rings. The Morgan fingerprint density at radius 1 is 1.26 bits per heavy atom. The van der Waals surface area contributed by atoms with Crippen molar-refractivity contribution in [2.45, 2.75) is 25.3 Å². The third-order valence-electron chi connectivity index (χ3n) is 5.44. The summed E-state index contributed by atoms with van der Waals surface area (Å²) in [7, 11) is -3.27. The van der Waals surface area contributed by atoms with E-state index in [1.165, 1.54) is 9.31 Å². The van der Waals surface area contributed by atoms with Crippen LogP contribution in [0.4, 0.5) is 0 Å². The summed E-state index contributed by atoms with van der Waals surface area (Å²) in [6.45, 7) is 0.116. The number of thiophene rings is 1. The van der Waals surface area contributed by atoms with Crippen LogP contribution < -0.4 is 0 Å². The van der Waals surface area contributed by atoms with Crippen molar-refractivity contribution in [3.8, 4) is 0 Å². The van der Waals surface area contributed by atoms with Crippen molar-refractivity contribution >= 4 is 38.9 Å². The second kappa shape index (κ2) is 8.93. The van der Waals surface area contributed by atoms with E-state index < -0.39 is 40.5 Å². The smallest absolute Gasteiger partial charge is 0.309 e. The summed E-state index contributed by atoms with van der Waals surface area (Å²) in [5.41, 5.74) is 0.782. The fourth-order valence-corrected chi connectivity index (χ4v) is 5.37. The van der Waals surface area contributed by atoms with Gasteiger partial charge < -0.3 is 9.15 Å². The molecule has 0 radical (unpaired) electrons. The molecule has 1 unspecified atom stereocenters. The van der Waals surface area contributed by atoms with E-state index in [4.69, 9.17) is 9.15 Å². The molecule has 166 valence electrons. The van der Waals surface area contributed by atoms with E-state index in [1.54, 1.807) is 29.7 Å². The molecule has 4 heterocycles. The van der Waals surface area contributed by atoms with Crippen LogP contribution in [0.2, 0.25) is 0 Å². The summed E-state index contributed by atoms with van der Waals surface area (Å²) in [6, 6.07) is 7.02. The quantitative estimate of drug-likeness (QED) is 0.605. The standard InChI is InChI=1S/C20H23N3O6S2/c1-31(26,27)22-8-6-14(7-9-22)20(25)29-13-19(24)23-16(17-4-2-10-28-17)12-15(21-23)18-5-3-11-30-18/h2-5,10-11,14,16H,6-9,12-13H2,1H3. The van der Waals surface area contributed by atoms with Gasteiger partial charge in [-0.3, -0.25) is 9.59 Å². The predicted molar refractivity (Wildman–Crippen MR) is 114 cm³/mol. The Labute approximate surface area is 184 Å². The van der Waals surface area contributed by atoms with Gasteiger partial charge in [0.1, 0.15) is 11.8 Å². The highest BCUT2D eigenvalue weighted by Gasteiger charge is 2.36. The molecule has 11 heteroatoms. The van der Waals surface area contributed by atoms with Crippen LogP contribution in [-0.4, -0.2) is 61.3 Å². The highest BCUT2D eigenvalue weighted by Crippen LogP contribution is 2.34. The van der Waals surface area contributed by atoms with Crippen LogP contribution in [0.5, 0.6) is 0 Å². The number of piperidine rings is 1. The maximum absolute atomic E-state index is 12.9. The molecule has 4 rings (SSSR count). The van der Waals surface area contributed by atoms with Gasteiger partial charge in [-0.15, -0.1) is 11.3 Å². The molecular weight excluding hydrogens is 442 g/mol. The minimum absolute atomic E-state index is 0.272. The molecule has 9 nitrogen and oxygen atoms in total. The van der Waals surface area contributed by atoms with Gasteiger partial charge in [0.25, 0.3) is 5.91 Å². The van der Waals surface area contributed by atoms with Crippen LogP contribution in [0, 0.1) is 5.92 Å². The first-order valence-electron chi connectivity index (χ1n) is 9.91. The molecular formula is C20H23N3O6S2. The summed E-state index contributed by atoms with van der Waals surface area (Å²) in [6.07, 6.45) is 3.96. The molecule has 0 aromatic carbocycles. The van der Waals surface area contributed by atoms with Gasteiger partial charge in [-0.05, 0) is 36.4 Å².